The molecule has 7 heteroatoms. The van der Waals surface area contributed by atoms with E-state index in [-0.39, 0.29) is 28.8 Å². The van der Waals surface area contributed by atoms with Crippen molar-refractivity contribution in [2.24, 2.45) is 0 Å². The number of hydrogen-bond donors (Lipinski definition) is 2. The third-order valence-electron chi connectivity index (χ3n) is 5.88. The third kappa shape index (κ3) is 6.90. The lowest BCUT2D eigenvalue weighted by Crippen LogP contribution is -2.04. The third-order valence-corrected chi connectivity index (χ3v) is 5.88. The van der Waals surface area contributed by atoms with Crippen LogP contribution in [0.25, 0.3) is 0 Å². The Labute approximate surface area is 228 Å². The topological polar surface area (TPSA) is 91.7 Å². The second-order valence-corrected chi connectivity index (χ2v) is 8.67. The maximum Gasteiger partial charge on any atom is 0.193 e. The zero-order valence-electron chi connectivity index (χ0n) is 20.9. The monoisotopic (exact) mass is 536 g/mol. The van der Waals surface area contributed by atoms with Crippen molar-refractivity contribution in [3.8, 4) is 11.5 Å². The van der Waals surface area contributed by atoms with Crippen LogP contribution in [0.2, 0.25) is 0 Å². The maximum atomic E-state index is 12.9. The summed E-state index contributed by atoms with van der Waals surface area (Å²) in [5.74, 6) is -1.21. The molecular weight excluding hydrogens is 514 g/mol. The summed E-state index contributed by atoms with van der Waals surface area (Å²) in [4.78, 5) is 36.5. The molecule has 0 fully saturated rings. The molecule has 0 aromatic heterocycles. The number of rotatable bonds is 6. The molecule has 0 aliphatic heterocycles. The Morgan fingerprint density at radius 2 is 0.525 bits per heavy atom. The smallest absolute Gasteiger partial charge is 0.193 e. The molecule has 0 saturated heterocycles. The zero-order valence-corrected chi connectivity index (χ0v) is 20.9. The van der Waals surface area contributed by atoms with Crippen LogP contribution < -0.4 is 0 Å². The van der Waals surface area contributed by atoms with Gasteiger partial charge in [0.15, 0.2) is 17.3 Å². The van der Waals surface area contributed by atoms with Crippen molar-refractivity contribution < 1.29 is 33.4 Å². The molecule has 0 atom stereocenters. The number of aromatic hydroxyl groups is 2. The summed E-state index contributed by atoms with van der Waals surface area (Å²) in [5.41, 5.74) is 2.55. The first-order chi connectivity index (χ1) is 19.2. The van der Waals surface area contributed by atoms with E-state index in [0.29, 0.717) is 33.4 Å². The van der Waals surface area contributed by atoms with Gasteiger partial charge in [-0.1, -0.05) is 24.3 Å². The average Bonchev–Trinajstić information content (AvgIpc) is 2.98. The number of ketones is 3. The van der Waals surface area contributed by atoms with E-state index in [1.165, 1.54) is 72.8 Å². The Morgan fingerprint density at radius 1 is 0.350 bits per heavy atom. The van der Waals surface area contributed by atoms with Gasteiger partial charge >= 0.3 is 0 Å². The van der Waals surface area contributed by atoms with Crippen molar-refractivity contribution >= 4 is 17.3 Å². The van der Waals surface area contributed by atoms with Gasteiger partial charge < -0.3 is 10.2 Å². The summed E-state index contributed by atoms with van der Waals surface area (Å²) in [6.45, 7) is 0. The summed E-state index contributed by atoms with van der Waals surface area (Å²) in [6, 6.07) is 28.8. The molecule has 0 radical (unpaired) electrons. The molecule has 0 bridgehead atoms. The summed E-state index contributed by atoms with van der Waals surface area (Å²) in [6.07, 6.45) is 0. The van der Waals surface area contributed by atoms with Gasteiger partial charge in [0.05, 0.1) is 0 Å². The number of hydrogen-bond acceptors (Lipinski definition) is 5. The standard InChI is InChI=1S/C20H12F2O2.C13H10O3/c21-17-9-5-15(6-10-17)19(23)13-1-2-14(4-3-13)20(24)16-7-11-18(22)12-8-16;14-11-5-1-9(2-6-11)13(16)10-3-7-12(15)8-4-10/h1-12H;1-8,14-15H. The summed E-state index contributed by atoms with van der Waals surface area (Å²) >= 11 is 0. The van der Waals surface area contributed by atoms with Crippen LogP contribution in [-0.2, 0) is 0 Å². The predicted molar refractivity (Wildman–Crippen MR) is 146 cm³/mol. The normalized spacial score (nSPS) is 10.2. The van der Waals surface area contributed by atoms with Crippen LogP contribution in [0.5, 0.6) is 11.5 Å². The van der Waals surface area contributed by atoms with E-state index in [2.05, 4.69) is 0 Å². The molecule has 5 aromatic carbocycles. The fourth-order valence-electron chi connectivity index (χ4n) is 3.70. The van der Waals surface area contributed by atoms with Crippen LogP contribution in [0.1, 0.15) is 47.8 Å². The number of phenolic OH excluding ortho intramolecular Hbond substituents is 2. The van der Waals surface area contributed by atoms with Crippen LogP contribution in [0.15, 0.2) is 121 Å². The maximum absolute atomic E-state index is 12.9. The molecule has 2 N–H and O–H groups in total. The van der Waals surface area contributed by atoms with Crippen molar-refractivity contribution in [1.29, 1.82) is 0 Å². The number of carbonyl (C=O) groups excluding carboxylic acids is 3. The number of halogens is 2. The molecule has 198 valence electrons. The summed E-state index contributed by atoms with van der Waals surface area (Å²) in [7, 11) is 0. The van der Waals surface area contributed by atoms with Crippen molar-refractivity contribution in [2.45, 2.75) is 0 Å². The quantitative estimate of drug-likeness (QED) is 0.234. The van der Waals surface area contributed by atoms with Gasteiger partial charge in [-0.2, -0.15) is 0 Å². The van der Waals surface area contributed by atoms with Gasteiger partial charge in [0.25, 0.3) is 0 Å². The number of benzene rings is 5. The predicted octanol–water partition coefficient (Wildman–Crippen LogP) is 6.76. The first kappa shape index (κ1) is 27.6. The molecule has 5 rings (SSSR count). The molecule has 5 nitrogen and oxygen atoms in total. The highest BCUT2D eigenvalue weighted by molar-refractivity contribution is 6.11. The van der Waals surface area contributed by atoms with Gasteiger partial charge in [0, 0.05) is 33.4 Å². The van der Waals surface area contributed by atoms with Gasteiger partial charge in [0.2, 0.25) is 0 Å². The van der Waals surface area contributed by atoms with Crippen LogP contribution in [-0.4, -0.2) is 27.6 Å². The highest BCUT2D eigenvalue weighted by atomic mass is 19.1. The summed E-state index contributed by atoms with van der Waals surface area (Å²) < 4.78 is 25.8. The molecule has 0 aliphatic carbocycles. The number of carbonyl (C=O) groups is 3. The molecule has 0 aliphatic rings. The number of phenols is 2. The Morgan fingerprint density at radius 3 is 0.750 bits per heavy atom. The van der Waals surface area contributed by atoms with Gasteiger partial charge in [-0.15, -0.1) is 0 Å². The fourth-order valence-corrected chi connectivity index (χ4v) is 3.70. The van der Waals surface area contributed by atoms with Gasteiger partial charge in [-0.05, 0) is 97.1 Å². The van der Waals surface area contributed by atoms with Crippen molar-refractivity contribution in [3.63, 3.8) is 0 Å². The summed E-state index contributed by atoms with van der Waals surface area (Å²) in [5, 5.41) is 18.2. The average molecular weight is 537 g/mol. The van der Waals surface area contributed by atoms with E-state index >= 15 is 0 Å². The molecule has 5 aromatic rings. The van der Waals surface area contributed by atoms with E-state index in [1.54, 1.807) is 48.5 Å². The van der Waals surface area contributed by atoms with E-state index in [9.17, 15) is 23.2 Å². The van der Waals surface area contributed by atoms with Crippen LogP contribution >= 0.6 is 0 Å². The molecule has 0 unspecified atom stereocenters. The lowest BCUT2D eigenvalue weighted by Gasteiger charge is -2.04. The molecular formula is C33H22F2O5. The van der Waals surface area contributed by atoms with Gasteiger partial charge in [-0.25, -0.2) is 8.78 Å². The van der Waals surface area contributed by atoms with E-state index in [0.717, 1.165) is 0 Å². The molecule has 40 heavy (non-hydrogen) atoms. The first-order valence-electron chi connectivity index (χ1n) is 12.0. The lowest BCUT2D eigenvalue weighted by atomic mass is 9.98. The molecule has 0 spiro atoms. The van der Waals surface area contributed by atoms with Crippen molar-refractivity contribution in [2.75, 3.05) is 0 Å². The van der Waals surface area contributed by atoms with Crippen LogP contribution in [0, 0.1) is 11.6 Å². The Kier molecular flexibility index (Phi) is 8.56. The second-order valence-electron chi connectivity index (χ2n) is 8.67. The largest absolute Gasteiger partial charge is 0.508 e. The molecule has 0 heterocycles. The Balaban J connectivity index is 0.000000201. The molecule has 0 saturated carbocycles. The second kappa shape index (κ2) is 12.4. The SMILES string of the molecule is O=C(c1ccc(F)cc1)c1ccc(C(=O)c2ccc(F)cc2)cc1.O=C(c1ccc(O)cc1)c1ccc(O)cc1. The van der Waals surface area contributed by atoms with Crippen LogP contribution in [0.4, 0.5) is 8.78 Å². The zero-order chi connectivity index (χ0) is 28.6. The van der Waals surface area contributed by atoms with Crippen molar-refractivity contribution in [3.05, 3.63) is 166 Å². The fraction of sp³-hybridized carbons (Fsp3) is 0. The Hall–Kier alpha value is -5.43. The Bertz CT molecular complexity index is 1500. The minimum atomic E-state index is -0.410. The van der Waals surface area contributed by atoms with Gasteiger partial charge in [0.1, 0.15) is 23.1 Å². The van der Waals surface area contributed by atoms with E-state index < -0.39 is 11.6 Å². The molecule has 0 amide bonds. The van der Waals surface area contributed by atoms with E-state index in [4.69, 9.17) is 10.2 Å². The highest BCUT2D eigenvalue weighted by Gasteiger charge is 2.13. The minimum absolute atomic E-state index is 0.127. The minimum Gasteiger partial charge on any atom is -0.508 e. The first-order valence-corrected chi connectivity index (χ1v) is 12.0. The van der Waals surface area contributed by atoms with Crippen molar-refractivity contribution in [1.82, 2.24) is 0 Å². The van der Waals surface area contributed by atoms with Crippen LogP contribution in [0.3, 0.4) is 0 Å². The lowest BCUT2D eigenvalue weighted by molar-refractivity contribution is 0.102. The van der Waals surface area contributed by atoms with Gasteiger partial charge in [-0.3, -0.25) is 14.4 Å². The highest BCUT2D eigenvalue weighted by Crippen LogP contribution is 2.17. The van der Waals surface area contributed by atoms with E-state index in [1.807, 2.05) is 0 Å².